The molecule has 2 aromatic rings. The maximum Gasteiger partial charge on any atom is 0.123 e. The average molecular weight is 397 g/mol. The van der Waals surface area contributed by atoms with Crippen LogP contribution < -0.4 is 5.73 Å². The van der Waals surface area contributed by atoms with Crippen molar-refractivity contribution in [1.29, 1.82) is 0 Å². The fourth-order valence-electron chi connectivity index (χ4n) is 4.87. The van der Waals surface area contributed by atoms with E-state index in [-0.39, 0.29) is 11.9 Å². The van der Waals surface area contributed by atoms with E-state index in [0.717, 1.165) is 63.9 Å². The van der Waals surface area contributed by atoms with Crippen LogP contribution >= 0.6 is 0 Å². The summed E-state index contributed by atoms with van der Waals surface area (Å²) < 4.78 is 19.8. The minimum Gasteiger partial charge on any atom is -0.378 e. The lowest BCUT2D eigenvalue weighted by atomic mass is 9.82. The second-order valence-electron chi connectivity index (χ2n) is 8.80. The zero-order valence-corrected chi connectivity index (χ0v) is 17.2. The summed E-state index contributed by atoms with van der Waals surface area (Å²) in [6.45, 7) is 3.81. The summed E-state index contributed by atoms with van der Waals surface area (Å²) in [6, 6.07) is 18.0. The van der Waals surface area contributed by atoms with Gasteiger partial charge in [-0.3, -0.25) is 4.90 Å². The van der Waals surface area contributed by atoms with Gasteiger partial charge in [-0.1, -0.05) is 42.5 Å². The van der Waals surface area contributed by atoms with Crippen LogP contribution in [0, 0.1) is 11.7 Å². The Morgan fingerprint density at radius 1 is 0.966 bits per heavy atom. The van der Waals surface area contributed by atoms with Crippen LogP contribution in [-0.2, 0) is 11.3 Å². The topological polar surface area (TPSA) is 38.5 Å². The van der Waals surface area contributed by atoms with Gasteiger partial charge in [0.1, 0.15) is 5.82 Å². The van der Waals surface area contributed by atoms with Gasteiger partial charge in [-0.2, -0.15) is 0 Å². The predicted octanol–water partition coefficient (Wildman–Crippen LogP) is 4.72. The van der Waals surface area contributed by atoms with E-state index >= 15 is 0 Å². The Hall–Kier alpha value is -1.75. The van der Waals surface area contributed by atoms with Crippen molar-refractivity contribution in [1.82, 2.24) is 4.90 Å². The lowest BCUT2D eigenvalue weighted by Gasteiger charge is -2.38. The number of rotatable bonds is 6. The minimum atomic E-state index is -0.132. The summed E-state index contributed by atoms with van der Waals surface area (Å²) in [5.41, 5.74) is 8.91. The summed E-state index contributed by atoms with van der Waals surface area (Å²) in [6.07, 6.45) is 5.60. The van der Waals surface area contributed by atoms with Crippen LogP contribution in [0.25, 0.3) is 0 Å². The first-order chi connectivity index (χ1) is 14.2. The van der Waals surface area contributed by atoms with Crippen molar-refractivity contribution in [3.8, 4) is 0 Å². The van der Waals surface area contributed by atoms with Gasteiger partial charge in [0.25, 0.3) is 0 Å². The molecule has 2 fully saturated rings. The number of hydrogen-bond donors (Lipinski definition) is 1. The second kappa shape index (κ2) is 9.84. The van der Waals surface area contributed by atoms with Crippen molar-refractivity contribution in [3.63, 3.8) is 0 Å². The Bertz CT molecular complexity index is 760. The van der Waals surface area contributed by atoms with Gasteiger partial charge in [0.15, 0.2) is 0 Å². The van der Waals surface area contributed by atoms with Crippen LogP contribution in [0.3, 0.4) is 0 Å². The van der Waals surface area contributed by atoms with E-state index in [9.17, 15) is 4.39 Å². The lowest BCUT2D eigenvalue weighted by Crippen LogP contribution is -2.48. The zero-order chi connectivity index (χ0) is 20.1. The molecule has 1 heterocycles. The minimum absolute atomic E-state index is 0.132. The molecule has 2 N–H and O–H groups in total. The molecule has 0 radical (unpaired) electrons. The van der Waals surface area contributed by atoms with E-state index in [1.165, 1.54) is 11.6 Å². The predicted molar refractivity (Wildman–Crippen MR) is 115 cm³/mol. The zero-order valence-electron chi connectivity index (χ0n) is 17.2. The van der Waals surface area contributed by atoms with Crippen LogP contribution in [0.4, 0.5) is 4.39 Å². The Labute approximate surface area is 174 Å². The van der Waals surface area contributed by atoms with Gasteiger partial charge in [0, 0.05) is 25.0 Å². The molecule has 4 heteroatoms. The van der Waals surface area contributed by atoms with E-state index in [1.807, 2.05) is 6.07 Å². The summed E-state index contributed by atoms with van der Waals surface area (Å²) in [5, 5.41) is 0. The molecule has 4 rings (SSSR count). The van der Waals surface area contributed by atoms with Crippen molar-refractivity contribution in [2.24, 2.45) is 11.7 Å². The average Bonchev–Trinajstić information content (AvgIpc) is 2.75. The first-order valence-corrected chi connectivity index (χ1v) is 11.1. The Balaban J connectivity index is 1.23. The third-order valence-electron chi connectivity index (χ3n) is 6.67. The molecule has 2 aliphatic rings. The van der Waals surface area contributed by atoms with Crippen LogP contribution in [-0.4, -0.2) is 36.7 Å². The first kappa shape index (κ1) is 20.5. The van der Waals surface area contributed by atoms with E-state index in [0.29, 0.717) is 17.9 Å². The normalized spacial score (nSPS) is 28.3. The van der Waals surface area contributed by atoms with E-state index in [2.05, 4.69) is 41.3 Å². The highest BCUT2D eigenvalue weighted by Crippen LogP contribution is 2.34. The number of benzene rings is 2. The Morgan fingerprint density at radius 2 is 1.76 bits per heavy atom. The van der Waals surface area contributed by atoms with Gasteiger partial charge in [-0.25, -0.2) is 4.39 Å². The molecule has 0 amide bonds. The summed E-state index contributed by atoms with van der Waals surface area (Å²) >= 11 is 0. The first-order valence-electron chi connectivity index (χ1n) is 11.1. The smallest absolute Gasteiger partial charge is 0.123 e. The van der Waals surface area contributed by atoms with E-state index in [4.69, 9.17) is 10.5 Å². The van der Waals surface area contributed by atoms with Crippen molar-refractivity contribution in [2.75, 3.05) is 19.7 Å². The molecule has 0 bridgehead atoms. The number of ether oxygens (including phenoxy) is 1. The molecule has 2 aromatic carbocycles. The molecular weight excluding hydrogens is 363 g/mol. The number of nitrogens with two attached hydrogens (primary N) is 1. The largest absolute Gasteiger partial charge is 0.378 e. The molecule has 2 atom stereocenters. The molecule has 0 spiro atoms. The molecule has 29 heavy (non-hydrogen) atoms. The molecule has 156 valence electrons. The molecule has 1 aliphatic heterocycles. The van der Waals surface area contributed by atoms with Gasteiger partial charge < -0.3 is 10.5 Å². The van der Waals surface area contributed by atoms with E-state index < -0.39 is 0 Å². The number of piperidine rings is 1. The number of likely N-dealkylation sites (tertiary alicyclic amines) is 1. The second-order valence-corrected chi connectivity index (χ2v) is 8.80. The monoisotopic (exact) mass is 396 g/mol. The Kier molecular flexibility index (Phi) is 6.96. The molecule has 1 unspecified atom stereocenters. The number of nitrogens with zero attached hydrogens (tertiary/aromatic N) is 1. The molecule has 1 saturated carbocycles. The van der Waals surface area contributed by atoms with Crippen LogP contribution in [0.5, 0.6) is 0 Å². The third-order valence-corrected chi connectivity index (χ3v) is 6.67. The van der Waals surface area contributed by atoms with Crippen molar-refractivity contribution >= 4 is 0 Å². The summed E-state index contributed by atoms with van der Waals surface area (Å²) in [5.74, 6) is 0.726. The van der Waals surface area contributed by atoms with Crippen LogP contribution in [0.2, 0.25) is 0 Å². The highest BCUT2D eigenvalue weighted by molar-refractivity contribution is 5.21. The Morgan fingerprint density at radius 3 is 2.52 bits per heavy atom. The SMILES string of the molecule is NC1CCN(Cc2ccccc2)C[C@H]1COC1CCC(c2cccc(F)c2)CC1. The third kappa shape index (κ3) is 5.65. The summed E-state index contributed by atoms with van der Waals surface area (Å²) in [7, 11) is 0. The van der Waals surface area contributed by atoms with Gasteiger partial charge >= 0.3 is 0 Å². The highest BCUT2D eigenvalue weighted by Gasteiger charge is 2.29. The molecule has 0 aromatic heterocycles. The van der Waals surface area contributed by atoms with Gasteiger partial charge in [0.2, 0.25) is 0 Å². The van der Waals surface area contributed by atoms with Crippen molar-refractivity contribution < 1.29 is 9.13 Å². The van der Waals surface area contributed by atoms with Crippen molar-refractivity contribution in [2.45, 2.75) is 56.7 Å². The number of halogens is 1. The quantitative estimate of drug-likeness (QED) is 0.768. The maximum absolute atomic E-state index is 13.5. The molecule has 3 nitrogen and oxygen atoms in total. The maximum atomic E-state index is 13.5. The van der Waals surface area contributed by atoms with Gasteiger partial charge in [-0.15, -0.1) is 0 Å². The van der Waals surface area contributed by atoms with E-state index in [1.54, 1.807) is 6.07 Å². The highest BCUT2D eigenvalue weighted by atomic mass is 19.1. The van der Waals surface area contributed by atoms with Crippen LogP contribution in [0.15, 0.2) is 54.6 Å². The van der Waals surface area contributed by atoms with Crippen molar-refractivity contribution in [3.05, 3.63) is 71.5 Å². The number of hydrogen-bond acceptors (Lipinski definition) is 3. The fraction of sp³-hybridized carbons (Fsp3) is 0.520. The molecule has 1 saturated heterocycles. The van der Waals surface area contributed by atoms with Gasteiger partial charge in [0.05, 0.1) is 12.7 Å². The fourth-order valence-corrected chi connectivity index (χ4v) is 4.87. The lowest BCUT2D eigenvalue weighted by molar-refractivity contribution is -0.0162. The van der Waals surface area contributed by atoms with Gasteiger partial charge in [-0.05, 0) is 67.8 Å². The molecule has 1 aliphatic carbocycles. The summed E-state index contributed by atoms with van der Waals surface area (Å²) in [4.78, 5) is 2.51. The van der Waals surface area contributed by atoms with Crippen LogP contribution in [0.1, 0.15) is 49.1 Å². The standard InChI is InChI=1S/C25H33FN2O/c26-23-8-4-7-21(15-23)20-9-11-24(12-10-20)29-18-22-17-28(14-13-25(22)27)16-19-5-2-1-3-6-19/h1-8,15,20,22,24-25H,9-14,16-18,27H2/t20?,22-,24?,25?/m0/s1. The molecular formula is C25H33FN2O.